The molecule has 3 heterocycles. The van der Waals surface area contributed by atoms with Crippen LogP contribution in [0.4, 0.5) is 8.78 Å². The molecule has 1 aliphatic carbocycles. The fourth-order valence-electron chi connectivity index (χ4n) is 4.99. The summed E-state index contributed by atoms with van der Waals surface area (Å²) in [6.45, 7) is 2.83. The van der Waals surface area contributed by atoms with Gasteiger partial charge in [0.25, 0.3) is 0 Å². The average molecular weight is 403 g/mol. The van der Waals surface area contributed by atoms with Gasteiger partial charge in [-0.05, 0) is 55.9 Å². The summed E-state index contributed by atoms with van der Waals surface area (Å²) in [5.41, 5.74) is 9.07. The number of carbonyl (C=O) groups is 1. The largest absolute Gasteiger partial charge is 0.370 e. The Hall–Kier alpha value is -1.83. The van der Waals surface area contributed by atoms with Crippen molar-refractivity contribution < 1.29 is 18.3 Å². The van der Waals surface area contributed by atoms with Crippen LogP contribution in [0.3, 0.4) is 0 Å². The number of hydrogen-bond donors (Lipinski definition) is 1. The number of halogens is 2. The lowest BCUT2D eigenvalue weighted by molar-refractivity contribution is -0.131. The second-order valence-electron chi connectivity index (χ2n) is 8.80. The van der Waals surface area contributed by atoms with E-state index >= 15 is 0 Å². The second-order valence-corrected chi connectivity index (χ2v) is 8.80. The van der Waals surface area contributed by atoms with E-state index < -0.39 is 23.8 Å². The van der Waals surface area contributed by atoms with Gasteiger partial charge in [0.05, 0.1) is 6.61 Å². The first-order chi connectivity index (χ1) is 14.0. The van der Waals surface area contributed by atoms with Crippen molar-refractivity contribution in [3.8, 4) is 0 Å². The molecule has 0 spiro atoms. The van der Waals surface area contributed by atoms with Crippen LogP contribution in [0.5, 0.6) is 0 Å². The Kier molecular flexibility index (Phi) is 4.92. The number of hydrogen-bond acceptors (Lipinski definition) is 4. The van der Waals surface area contributed by atoms with Crippen LogP contribution in [-0.4, -0.2) is 54.0 Å². The first-order valence-electron chi connectivity index (χ1n) is 10.6. The molecular weight excluding hydrogens is 376 g/mol. The van der Waals surface area contributed by atoms with Gasteiger partial charge < -0.3 is 15.4 Å². The molecule has 1 saturated heterocycles. The molecule has 2 fully saturated rings. The molecule has 2 N–H and O–H groups in total. The van der Waals surface area contributed by atoms with E-state index in [1.807, 2.05) is 4.90 Å². The molecule has 5 rings (SSSR count). The number of carbonyl (C=O) groups excluding carboxylic acids is 1. The predicted molar refractivity (Wildman–Crippen MR) is 104 cm³/mol. The molecule has 0 unspecified atom stereocenters. The molecule has 1 aromatic carbocycles. The van der Waals surface area contributed by atoms with Gasteiger partial charge in [-0.15, -0.1) is 0 Å². The van der Waals surface area contributed by atoms with E-state index in [1.165, 1.54) is 17.3 Å². The summed E-state index contributed by atoms with van der Waals surface area (Å²) >= 11 is 0. The monoisotopic (exact) mass is 403 g/mol. The normalized spacial score (nSPS) is 30.6. The fraction of sp³-hybridized carbons (Fsp3) is 0.591. The van der Waals surface area contributed by atoms with Gasteiger partial charge in [-0.3, -0.25) is 9.69 Å². The van der Waals surface area contributed by atoms with Crippen molar-refractivity contribution in [3.05, 3.63) is 46.7 Å². The van der Waals surface area contributed by atoms with Crippen molar-refractivity contribution >= 4 is 5.91 Å². The van der Waals surface area contributed by atoms with Gasteiger partial charge in [0.2, 0.25) is 5.91 Å². The van der Waals surface area contributed by atoms with Crippen molar-refractivity contribution in [2.75, 3.05) is 26.2 Å². The third-order valence-electron chi connectivity index (χ3n) is 6.72. The molecule has 29 heavy (non-hydrogen) atoms. The van der Waals surface area contributed by atoms with E-state index in [0.29, 0.717) is 13.0 Å². The zero-order valence-electron chi connectivity index (χ0n) is 16.4. The molecule has 0 aromatic heterocycles. The third kappa shape index (κ3) is 3.60. The van der Waals surface area contributed by atoms with Gasteiger partial charge in [-0.1, -0.05) is 0 Å². The zero-order valence-corrected chi connectivity index (χ0v) is 16.4. The Morgan fingerprint density at radius 1 is 1.21 bits per heavy atom. The molecule has 156 valence electrons. The zero-order chi connectivity index (χ0) is 20.1. The maximum absolute atomic E-state index is 14.2. The average Bonchev–Trinajstić information content (AvgIpc) is 3.47. The topological polar surface area (TPSA) is 58.8 Å². The van der Waals surface area contributed by atoms with Crippen LogP contribution in [0.2, 0.25) is 0 Å². The maximum Gasteiger partial charge on any atom is 0.229 e. The Morgan fingerprint density at radius 2 is 2.03 bits per heavy atom. The van der Waals surface area contributed by atoms with Crippen LogP contribution in [0.15, 0.2) is 29.5 Å². The highest BCUT2D eigenvalue weighted by molar-refractivity contribution is 5.83. The molecule has 4 aliphatic rings. The first-order valence-corrected chi connectivity index (χ1v) is 10.6. The van der Waals surface area contributed by atoms with Crippen molar-refractivity contribution in [3.63, 3.8) is 0 Å². The second kappa shape index (κ2) is 7.45. The number of nitrogens with two attached hydrogens (primary N) is 1. The Labute approximate surface area is 169 Å². The van der Waals surface area contributed by atoms with E-state index in [0.717, 1.165) is 57.5 Å². The lowest BCUT2D eigenvalue weighted by Crippen LogP contribution is -2.49. The Morgan fingerprint density at radius 3 is 2.79 bits per heavy atom. The SMILES string of the molecule is N[C@H]1C[C@@H](N2CC3=C(C2)N(C(=O)C2CC2)CCC3)CO[C@@H]1c1cc(F)ccc1F. The number of rotatable bonds is 3. The lowest BCUT2D eigenvalue weighted by atomic mass is 9.93. The highest BCUT2D eigenvalue weighted by atomic mass is 19.1. The standard InChI is InChI=1S/C22H27F2N3O2/c23-15-5-6-18(24)17(8-15)21-19(25)9-16(12-29-21)26-10-14-2-1-7-27(20(14)11-26)22(28)13-3-4-13/h5-6,8,13,16,19,21H,1-4,7,9-12,25H2/t16-,19+,21-/m1/s1. The minimum absolute atomic E-state index is 0.112. The van der Waals surface area contributed by atoms with E-state index in [9.17, 15) is 13.6 Å². The number of benzene rings is 1. The van der Waals surface area contributed by atoms with Crippen molar-refractivity contribution in [1.82, 2.24) is 9.80 Å². The molecule has 1 saturated carbocycles. The van der Waals surface area contributed by atoms with Gasteiger partial charge in [0.1, 0.15) is 17.7 Å². The van der Waals surface area contributed by atoms with Crippen molar-refractivity contribution in [1.29, 1.82) is 0 Å². The molecule has 0 radical (unpaired) electrons. The minimum atomic E-state index is -0.639. The van der Waals surface area contributed by atoms with E-state index in [-0.39, 0.29) is 23.4 Å². The molecule has 5 nitrogen and oxygen atoms in total. The fourth-order valence-corrected chi connectivity index (χ4v) is 4.99. The van der Waals surface area contributed by atoms with Crippen LogP contribution in [0.25, 0.3) is 0 Å². The van der Waals surface area contributed by atoms with Crippen LogP contribution in [0, 0.1) is 17.6 Å². The van der Waals surface area contributed by atoms with Crippen LogP contribution in [0.1, 0.15) is 43.8 Å². The summed E-state index contributed by atoms with van der Waals surface area (Å²) in [7, 11) is 0. The van der Waals surface area contributed by atoms with Crippen molar-refractivity contribution in [2.24, 2.45) is 11.7 Å². The number of amides is 1. The molecule has 3 aliphatic heterocycles. The van der Waals surface area contributed by atoms with Crippen LogP contribution >= 0.6 is 0 Å². The molecule has 3 atom stereocenters. The Balaban J connectivity index is 1.26. The molecular formula is C22H27F2N3O2. The molecule has 1 aromatic rings. The third-order valence-corrected chi connectivity index (χ3v) is 6.72. The quantitative estimate of drug-likeness (QED) is 0.843. The summed E-state index contributed by atoms with van der Waals surface area (Å²) in [4.78, 5) is 17.0. The summed E-state index contributed by atoms with van der Waals surface area (Å²) in [6, 6.07) is 3.10. The highest BCUT2D eigenvalue weighted by Crippen LogP contribution is 2.38. The van der Waals surface area contributed by atoms with Gasteiger partial charge >= 0.3 is 0 Å². The number of ether oxygens (including phenoxy) is 1. The highest BCUT2D eigenvalue weighted by Gasteiger charge is 2.41. The maximum atomic E-state index is 14.2. The minimum Gasteiger partial charge on any atom is -0.370 e. The Bertz CT molecular complexity index is 854. The predicted octanol–water partition coefficient (Wildman–Crippen LogP) is 2.72. The van der Waals surface area contributed by atoms with Crippen LogP contribution in [-0.2, 0) is 9.53 Å². The van der Waals surface area contributed by atoms with Crippen molar-refractivity contribution in [2.45, 2.75) is 50.3 Å². The van der Waals surface area contributed by atoms with Crippen LogP contribution < -0.4 is 5.73 Å². The molecule has 7 heteroatoms. The van der Waals surface area contributed by atoms with E-state index in [4.69, 9.17) is 10.5 Å². The van der Waals surface area contributed by atoms with Gasteiger partial charge in [0, 0.05) is 48.9 Å². The lowest BCUT2D eigenvalue weighted by Gasteiger charge is -2.39. The van der Waals surface area contributed by atoms with Gasteiger partial charge in [-0.25, -0.2) is 8.78 Å². The summed E-state index contributed by atoms with van der Waals surface area (Å²) < 4.78 is 33.7. The van der Waals surface area contributed by atoms with E-state index in [2.05, 4.69) is 4.90 Å². The molecule has 0 bridgehead atoms. The van der Waals surface area contributed by atoms with Gasteiger partial charge in [0.15, 0.2) is 0 Å². The molecule has 1 amide bonds. The van der Waals surface area contributed by atoms with E-state index in [1.54, 1.807) is 0 Å². The first kappa shape index (κ1) is 19.2. The van der Waals surface area contributed by atoms with Gasteiger partial charge in [-0.2, -0.15) is 0 Å². The number of nitrogens with zero attached hydrogens (tertiary/aromatic N) is 2. The smallest absolute Gasteiger partial charge is 0.229 e. The summed E-state index contributed by atoms with van der Waals surface area (Å²) in [5, 5.41) is 0. The summed E-state index contributed by atoms with van der Waals surface area (Å²) in [5.74, 6) is -0.462. The summed E-state index contributed by atoms with van der Waals surface area (Å²) in [6.07, 6.45) is 4.11.